The Bertz CT molecular complexity index is 462. The Kier molecular flexibility index (Phi) is 8.61. The van der Waals surface area contributed by atoms with Crippen LogP contribution in [-0.4, -0.2) is 31.1 Å². The summed E-state index contributed by atoms with van der Waals surface area (Å²) in [6.07, 6.45) is 5.77. The second-order valence-electron chi connectivity index (χ2n) is 5.52. The number of unbranched alkanes of at least 4 members (excludes halogenated alkanes) is 2. The van der Waals surface area contributed by atoms with Gasteiger partial charge in [0.15, 0.2) is 11.6 Å². The number of hydrogen-bond donors (Lipinski definition) is 1. The highest BCUT2D eigenvalue weighted by Gasteiger charge is 2.25. The van der Waals surface area contributed by atoms with Crippen LogP contribution >= 0.6 is 12.4 Å². The Labute approximate surface area is 138 Å². The third kappa shape index (κ3) is 5.04. The van der Waals surface area contributed by atoms with Crippen LogP contribution in [0, 0.1) is 11.6 Å². The monoisotopic (exact) mass is 330 g/mol. The molecular weight excluding hydrogens is 306 g/mol. The van der Waals surface area contributed by atoms with Crippen molar-refractivity contribution in [2.24, 2.45) is 0 Å². The van der Waals surface area contributed by atoms with Crippen LogP contribution in [0.4, 0.5) is 8.78 Å². The fourth-order valence-corrected chi connectivity index (χ4v) is 2.93. The summed E-state index contributed by atoms with van der Waals surface area (Å²) in [7, 11) is 0. The molecule has 0 amide bonds. The second kappa shape index (κ2) is 9.93. The van der Waals surface area contributed by atoms with Gasteiger partial charge in [0.2, 0.25) is 0 Å². The first-order valence-electron chi connectivity index (χ1n) is 7.73. The van der Waals surface area contributed by atoms with Gasteiger partial charge in [-0.2, -0.15) is 0 Å². The van der Waals surface area contributed by atoms with Crippen molar-refractivity contribution in [2.45, 2.75) is 31.7 Å². The molecule has 1 aliphatic heterocycles. The van der Waals surface area contributed by atoms with Crippen LogP contribution in [0.1, 0.15) is 37.3 Å². The van der Waals surface area contributed by atoms with Gasteiger partial charge in [0.05, 0.1) is 0 Å². The molecule has 1 aromatic carbocycles. The lowest BCUT2D eigenvalue weighted by atomic mass is 9.97. The minimum absolute atomic E-state index is 0. The van der Waals surface area contributed by atoms with Crippen LogP contribution in [-0.2, 0) is 0 Å². The number of rotatable bonds is 7. The smallest absolute Gasteiger partial charge is 0.163 e. The maximum Gasteiger partial charge on any atom is 0.163 e. The van der Waals surface area contributed by atoms with Gasteiger partial charge in [-0.15, -0.1) is 19.0 Å². The van der Waals surface area contributed by atoms with E-state index in [4.69, 9.17) is 0 Å². The molecule has 5 heteroatoms. The Balaban J connectivity index is 0.00000242. The standard InChI is InChI=1S/C17H24F2N2.ClH/c1-2-3-4-5-9-16(21-12-10-20-11-13-21)14-7-6-8-15(18)17(14)19;/h2,6-8,16,20H,1,3-5,9-13H2;1H/t16-;/m1./s1. The number of nitrogens with one attached hydrogen (secondary N) is 1. The van der Waals surface area contributed by atoms with Gasteiger partial charge in [0, 0.05) is 37.8 Å². The van der Waals surface area contributed by atoms with Crippen molar-refractivity contribution >= 4 is 12.4 Å². The molecule has 22 heavy (non-hydrogen) atoms. The Morgan fingerprint density at radius 3 is 2.64 bits per heavy atom. The van der Waals surface area contributed by atoms with E-state index in [0.29, 0.717) is 5.56 Å². The van der Waals surface area contributed by atoms with Crippen molar-refractivity contribution in [2.75, 3.05) is 26.2 Å². The third-order valence-corrected chi connectivity index (χ3v) is 4.07. The molecule has 1 aromatic rings. The molecule has 2 rings (SSSR count). The van der Waals surface area contributed by atoms with E-state index in [1.807, 2.05) is 6.08 Å². The summed E-state index contributed by atoms with van der Waals surface area (Å²) in [4.78, 5) is 2.27. The third-order valence-electron chi connectivity index (χ3n) is 4.07. The number of hydrogen-bond acceptors (Lipinski definition) is 2. The number of halogens is 3. The van der Waals surface area contributed by atoms with Crippen LogP contribution in [0.3, 0.4) is 0 Å². The molecule has 1 aliphatic rings. The molecule has 1 heterocycles. The van der Waals surface area contributed by atoms with Gasteiger partial charge in [-0.25, -0.2) is 8.78 Å². The fraction of sp³-hybridized carbons (Fsp3) is 0.529. The zero-order valence-electron chi connectivity index (χ0n) is 12.9. The van der Waals surface area contributed by atoms with Gasteiger partial charge in [-0.3, -0.25) is 4.90 Å². The number of allylic oxidation sites excluding steroid dienone is 1. The SMILES string of the molecule is C=CCCCC[C@H](c1cccc(F)c1F)N1CCNCC1.Cl. The van der Waals surface area contributed by atoms with Crippen LogP contribution in [0.25, 0.3) is 0 Å². The average Bonchev–Trinajstić information content (AvgIpc) is 2.52. The summed E-state index contributed by atoms with van der Waals surface area (Å²) in [5, 5.41) is 3.30. The van der Waals surface area contributed by atoms with Gasteiger partial charge in [0.25, 0.3) is 0 Å². The largest absolute Gasteiger partial charge is 0.314 e. The van der Waals surface area contributed by atoms with Gasteiger partial charge in [-0.05, 0) is 25.3 Å². The van der Waals surface area contributed by atoms with E-state index in [2.05, 4.69) is 16.8 Å². The zero-order chi connectivity index (χ0) is 15.1. The normalized spacial score (nSPS) is 16.8. The zero-order valence-corrected chi connectivity index (χ0v) is 13.7. The Hall–Kier alpha value is -0.970. The molecule has 0 aliphatic carbocycles. The predicted molar refractivity (Wildman–Crippen MR) is 89.5 cm³/mol. The van der Waals surface area contributed by atoms with Gasteiger partial charge >= 0.3 is 0 Å². The van der Waals surface area contributed by atoms with Crippen LogP contribution < -0.4 is 5.32 Å². The van der Waals surface area contributed by atoms with Crippen molar-refractivity contribution in [3.63, 3.8) is 0 Å². The lowest BCUT2D eigenvalue weighted by Gasteiger charge is -2.35. The van der Waals surface area contributed by atoms with Gasteiger partial charge in [0.1, 0.15) is 0 Å². The molecule has 0 spiro atoms. The van der Waals surface area contributed by atoms with E-state index < -0.39 is 11.6 Å². The Morgan fingerprint density at radius 2 is 1.95 bits per heavy atom. The molecule has 0 aromatic heterocycles. The summed E-state index contributed by atoms with van der Waals surface area (Å²) >= 11 is 0. The molecular formula is C17H25ClF2N2. The Morgan fingerprint density at radius 1 is 1.23 bits per heavy atom. The quantitative estimate of drug-likeness (QED) is 0.598. The highest BCUT2D eigenvalue weighted by molar-refractivity contribution is 5.85. The highest BCUT2D eigenvalue weighted by atomic mass is 35.5. The summed E-state index contributed by atoms with van der Waals surface area (Å²) in [5.41, 5.74) is 0.496. The van der Waals surface area contributed by atoms with Crippen molar-refractivity contribution in [1.29, 1.82) is 0 Å². The maximum atomic E-state index is 14.1. The molecule has 0 unspecified atom stereocenters. The van der Waals surface area contributed by atoms with E-state index in [0.717, 1.165) is 51.9 Å². The minimum atomic E-state index is -0.751. The molecule has 0 bridgehead atoms. The van der Waals surface area contributed by atoms with Crippen molar-refractivity contribution in [1.82, 2.24) is 10.2 Å². The van der Waals surface area contributed by atoms with Crippen molar-refractivity contribution in [3.8, 4) is 0 Å². The lowest BCUT2D eigenvalue weighted by molar-refractivity contribution is 0.159. The van der Waals surface area contributed by atoms with E-state index in [1.165, 1.54) is 6.07 Å². The highest BCUT2D eigenvalue weighted by Crippen LogP contribution is 2.30. The van der Waals surface area contributed by atoms with Gasteiger partial charge in [-0.1, -0.05) is 24.6 Å². The summed E-state index contributed by atoms with van der Waals surface area (Å²) < 4.78 is 27.7. The fourth-order valence-electron chi connectivity index (χ4n) is 2.93. The first-order chi connectivity index (χ1) is 10.2. The van der Waals surface area contributed by atoms with Crippen molar-refractivity contribution < 1.29 is 8.78 Å². The number of nitrogens with zero attached hydrogens (tertiary/aromatic N) is 1. The average molecular weight is 331 g/mol. The first-order valence-corrected chi connectivity index (χ1v) is 7.73. The molecule has 1 saturated heterocycles. The number of piperazine rings is 1. The summed E-state index contributed by atoms with van der Waals surface area (Å²) in [6.45, 7) is 7.28. The molecule has 1 N–H and O–H groups in total. The summed E-state index contributed by atoms with van der Waals surface area (Å²) in [5.74, 6) is -1.44. The lowest BCUT2D eigenvalue weighted by Crippen LogP contribution is -2.45. The molecule has 1 fully saturated rings. The van der Waals surface area contributed by atoms with E-state index in [-0.39, 0.29) is 18.4 Å². The predicted octanol–water partition coefficient (Wildman–Crippen LogP) is 4.08. The van der Waals surface area contributed by atoms with Gasteiger partial charge < -0.3 is 5.32 Å². The van der Waals surface area contributed by atoms with Crippen LogP contribution in [0.5, 0.6) is 0 Å². The molecule has 0 radical (unpaired) electrons. The second-order valence-corrected chi connectivity index (χ2v) is 5.52. The molecule has 124 valence electrons. The van der Waals surface area contributed by atoms with E-state index in [9.17, 15) is 8.78 Å². The van der Waals surface area contributed by atoms with E-state index in [1.54, 1.807) is 12.1 Å². The number of benzene rings is 1. The van der Waals surface area contributed by atoms with Crippen LogP contribution in [0.15, 0.2) is 30.9 Å². The van der Waals surface area contributed by atoms with E-state index >= 15 is 0 Å². The topological polar surface area (TPSA) is 15.3 Å². The molecule has 0 saturated carbocycles. The maximum absolute atomic E-state index is 14.1. The summed E-state index contributed by atoms with van der Waals surface area (Å²) in [6, 6.07) is 4.48. The molecule has 1 atom stereocenters. The first kappa shape index (κ1) is 19.1. The van der Waals surface area contributed by atoms with Crippen LogP contribution in [0.2, 0.25) is 0 Å². The minimum Gasteiger partial charge on any atom is -0.314 e. The van der Waals surface area contributed by atoms with Crippen molar-refractivity contribution in [3.05, 3.63) is 48.1 Å². The molecule has 2 nitrogen and oxygen atoms in total.